The van der Waals surface area contributed by atoms with E-state index in [9.17, 15) is 5.11 Å². The van der Waals surface area contributed by atoms with Gasteiger partial charge in [0.2, 0.25) is 0 Å². The molecule has 0 unspecified atom stereocenters. The second-order valence-corrected chi connectivity index (χ2v) is 3.99. The lowest BCUT2D eigenvalue weighted by Gasteiger charge is -2.25. The maximum Gasteiger partial charge on any atom is 0.122 e. The van der Waals surface area contributed by atoms with Gasteiger partial charge in [0.1, 0.15) is 5.75 Å². The van der Waals surface area contributed by atoms with Crippen LogP contribution in [0.1, 0.15) is 18.9 Å². The third kappa shape index (κ3) is 2.38. The van der Waals surface area contributed by atoms with E-state index in [-0.39, 0.29) is 12.4 Å². The van der Waals surface area contributed by atoms with Gasteiger partial charge >= 0.3 is 0 Å². The molecule has 14 heavy (non-hydrogen) atoms. The molecule has 3 nitrogen and oxygen atoms in total. The minimum absolute atomic E-state index is 0.0188. The quantitative estimate of drug-likeness (QED) is 0.718. The van der Waals surface area contributed by atoms with Gasteiger partial charge < -0.3 is 15.9 Å². The summed E-state index contributed by atoms with van der Waals surface area (Å²) in [6.45, 7) is 1.74. The summed E-state index contributed by atoms with van der Waals surface area (Å²) in [4.78, 5) is 0. The van der Waals surface area contributed by atoms with Gasteiger partial charge in [-0.15, -0.1) is 0 Å². The number of rotatable bonds is 3. The van der Waals surface area contributed by atoms with Crippen molar-refractivity contribution in [2.24, 2.45) is 5.73 Å². The Labute approximate surface area is 88.1 Å². The summed E-state index contributed by atoms with van der Waals surface area (Å²) in [5.74, 6) is 0.0657. The van der Waals surface area contributed by atoms with Crippen molar-refractivity contribution in [3.05, 3.63) is 28.8 Å². The van der Waals surface area contributed by atoms with E-state index >= 15 is 0 Å². The van der Waals surface area contributed by atoms with Crippen LogP contribution < -0.4 is 5.73 Å². The van der Waals surface area contributed by atoms with E-state index in [1.807, 2.05) is 0 Å². The number of hydrogen-bond acceptors (Lipinski definition) is 3. The lowest BCUT2D eigenvalue weighted by atomic mass is 9.89. The molecular formula is C10H14ClNO2. The van der Waals surface area contributed by atoms with E-state index in [2.05, 4.69) is 0 Å². The molecule has 1 rings (SSSR count). The number of aromatic hydroxyl groups is 1. The molecule has 0 aliphatic rings. The minimum atomic E-state index is -0.733. The fourth-order valence-corrected chi connectivity index (χ4v) is 1.52. The molecule has 0 bridgehead atoms. The van der Waals surface area contributed by atoms with Crippen LogP contribution in [0.2, 0.25) is 5.02 Å². The molecular weight excluding hydrogens is 202 g/mol. The van der Waals surface area contributed by atoms with E-state index in [0.717, 1.165) is 0 Å². The molecule has 78 valence electrons. The van der Waals surface area contributed by atoms with Crippen LogP contribution in [-0.4, -0.2) is 16.8 Å². The molecule has 4 heteroatoms. The van der Waals surface area contributed by atoms with Crippen LogP contribution >= 0.6 is 11.6 Å². The molecule has 0 saturated heterocycles. The van der Waals surface area contributed by atoms with Crippen LogP contribution in [0.15, 0.2) is 18.2 Å². The first-order chi connectivity index (χ1) is 6.47. The minimum Gasteiger partial charge on any atom is -0.508 e. The number of phenolic OH excluding ortho intramolecular Hbond substituents is 1. The largest absolute Gasteiger partial charge is 0.508 e. The monoisotopic (exact) mass is 215 g/mol. The van der Waals surface area contributed by atoms with E-state index < -0.39 is 5.54 Å². The van der Waals surface area contributed by atoms with Crippen molar-refractivity contribution in [3.8, 4) is 5.75 Å². The van der Waals surface area contributed by atoms with Crippen LogP contribution in [0.5, 0.6) is 5.75 Å². The zero-order chi connectivity index (χ0) is 10.8. The second-order valence-electron chi connectivity index (χ2n) is 3.55. The summed E-state index contributed by atoms with van der Waals surface area (Å²) < 4.78 is 0. The van der Waals surface area contributed by atoms with Gasteiger partial charge in [0, 0.05) is 22.7 Å². The first kappa shape index (κ1) is 11.3. The molecule has 0 radical (unpaired) electrons. The fraction of sp³-hybridized carbons (Fsp3) is 0.400. The van der Waals surface area contributed by atoms with Crippen molar-refractivity contribution in [3.63, 3.8) is 0 Å². The molecule has 0 aromatic heterocycles. The van der Waals surface area contributed by atoms with Crippen LogP contribution in [0, 0.1) is 0 Å². The van der Waals surface area contributed by atoms with Crippen molar-refractivity contribution < 1.29 is 10.2 Å². The summed E-state index contributed by atoms with van der Waals surface area (Å²) in [6.07, 6.45) is 0.391. The van der Waals surface area contributed by atoms with Gasteiger partial charge in [-0.25, -0.2) is 0 Å². The highest BCUT2D eigenvalue weighted by Crippen LogP contribution is 2.31. The van der Waals surface area contributed by atoms with Crippen molar-refractivity contribution in [2.45, 2.75) is 18.9 Å². The summed E-state index contributed by atoms with van der Waals surface area (Å²) in [6, 6.07) is 4.78. The third-order valence-corrected chi connectivity index (χ3v) is 2.44. The van der Waals surface area contributed by atoms with Gasteiger partial charge in [-0.2, -0.15) is 0 Å². The van der Waals surface area contributed by atoms with Crippen molar-refractivity contribution in [1.82, 2.24) is 0 Å². The van der Waals surface area contributed by atoms with E-state index in [1.54, 1.807) is 19.1 Å². The molecule has 4 N–H and O–H groups in total. The van der Waals surface area contributed by atoms with Crippen LogP contribution in [0.4, 0.5) is 0 Å². The Morgan fingerprint density at radius 3 is 2.64 bits per heavy atom. The molecule has 0 aliphatic carbocycles. The van der Waals surface area contributed by atoms with Gasteiger partial charge in [0.25, 0.3) is 0 Å². The van der Waals surface area contributed by atoms with Gasteiger partial charge in [0.15, 0.2) is 0 Å². The maximum atomic E-state index is 9.61. The molecule has 1 aromatic rings. The highest BCUT2D eigenvalue weighted by molar-refractivity contribution is 6.30. The smallest absolute Gasteiger partial charge is 0.122 e. The Morgan fingerprint density at radius 1 is 1.50 bits per heavy atom. The summed E-state index contributed by atoms with van der Waals surface area (Å²) >= 11 is 5.69. The molecule has 0 fully saturated rings. The molecule has 0 heterocycles. The standard InChI is InChI=1S/C10H14ClNO2/c1-10(12,4-5-13)8-3-2-7(11)6-9(8)14/h2-3,6,13-14H,4-5,12H2,1H3/t10-/m1/s1. The number of hydrogen-bond donors (Lipinski definition) is 3. The van der Waals surface area contributed by atoms with E-state index in [1.165, 1.54) is 6.07 Å². The van der Waals surface area contributed by atoms with Crippen molar-refractivity contribution >= 4 is 11.6 Å². The van der Waals surface area contributed by atoms with Crippen molar-refractivity contribution in [2.75, 3.05) is 6.61 Å². The first-order valence-corrected chi connectivity index (χ1v) is 4.74. The SMILES string of the molecule is C[C@@](N)(CCO)c1ccc(Cl)cc1O. The van der Waals surface area contributed by atoms with Gasteiger partial charge in [-0.3, -0.25) is 0 Å². The predicted molar refractivity (Wildman–Crippen MR) is 56.4 cm³/mol. The van der Waals surface area contributed by atoms with Gasteiger partial charge in [0.05, 0.1) is 0 Å². The lowest BCUT2D eigenvalue weighted by molar-refractivity contribution is 0.245. The Morgan fingerprint density at radius 2 is 2.14 bits per heavy atom. The summed E-state index contributed by atoms with van der Waals surface area (Å²) in [5.41, 5.74) is 5.80. The van der Waals surface area contributed by atoms with Gasteiger partial charge in [-0.05, 0) is 25.5 Å². The average molecular weight is 216 g/mol. The Kier molecular flexibility index (Phi) is 3.37. The molecule has 1 aromatic carbocycles. The molecule has 1 atom stereocenters. The molecule has 0 saturated carbocycles. The predicted octanol–water partition coefficient (Wildman–Crippen LogP) is 1.60. The Hall–Kier alpha value is -0.770. The van der Waals surface area contributed by atoms with Crippen LogP contribution in [0.25, 0.3) is 0 Å². The van der Waals surface area contributed by atoms with Crippen LogP contribution in [-0.2, 0) is 5.54 Å². The van der Waals surface area contributed by atoms with Crippen molar-refractivity contribution in [1.29, 1.82) is 0 Å². The topological polar surface area (TPSA) is 66.5 Å². The number of nitrogens with two attached hydrogens (primary N) is 1. The highest BCUT2D eigenvalue weighted by Gasteiger charge is 2.23. The molecule has 0 amide bonds. The van der Waals surface area contributed by atoms with Crippen LogP contribution in [0.3, 0.4) is 0 Å². The molecule has 0 aliphatic heterocycles. The normalized spacial score (nSPS) is 15.1. The lowest BCUT2D eigenvalue weighted by Crippen LogP contribution is -2.34. The zero-order valence-electron chi connectivity index (χ0n) is 8.00. The second kappa shape index (κ2) is 4.17. The first-order valence-electron chi connectivity index (χ1n) is 4.36. The summed E-state index contributed by atoms with van der Waals surface area (Å²) in [7, 11) is 0. The number of halogens is 1. The number of aliphatic hydroxyl groups excluding tert-OH is 1. The molecule has 0 spiro atoms. The number of benzene rings is 1. The van der Waals surface area contributed by atoms with E-state index in [4.69, 9.17) is 22.4 Å². The fourth-order valence-electron chi connectivity index (χ4n) is 1.35. The zero-order valence-corrected chi connectivity index (χ0v) is 8.75. The number of aliphatic hydroxyl groups is 1. The summed E-state index contributed by atoms with van der Waals surface area (Å²) in [5, 5.41) is 18.9. The Bertz CT molecular complexity index is 326. The highest BCUT2D eigenvalue weighted by atomic mass is 35.5. The van der Waals surface area contributed by atoms with Gasteiger partial charge in [-0.1, -0.05) is 17.7 Å². The average Bonchev–Trinajstić information content (AvgIpc) is 2.02. The Balaban J connectivity index is 3.06. The van der Waals surface area contributed by atoms with E-state index in [0.29, 0.717) is 17.0 Å². The number of phenols is 1. The third-order valence-electron chi connectivity index (χ3n) is 2.21. The maximum absolute atomic E-state index is 9.61.